The number of anilines is 1. The van der Waals surface area contributed by atoms with Crippen LogP contribution in [0, 0.1) is 13.8 Å². The van der Waals surface area contributed by atoms with E-state index in [0.717, 1.165) is 27.9 Å². The standard InChI is InChI=1S/C26H26N4O2/c1-17-11-13-20(14-12-17)22(27-19(3)31)16-23(32)28-26-24(21-9-5-4-6-10-21)29-25-18(2)8-7-15-30(25)26/h4-15,22H,16H2,1-3H3,(H,27,31)(H,28,32). The van der Waals surface area contributed by atoms with Gasteiger partial charge in [0.25, 0.3) is 0 Å². The Balaban J connectivity index is 1.67. The lowest BCUT2D eigenvalue weighted by Gasteiger charge is -2.18. The van der Waals surface area contributed by atoms with E-state index >= 15 is 0 Å². The van der Waals surface area contributed by atoms with Gasteiger partial charge in [0.1, 0.15) is 17.2 Å². The molecule has 6 nitrogen and oxygen atoms in total. The van der Waals surface area contributed by atoms with Crippen molar-refractivity contribution in [1.82, 2.24) is 14.7 Å². The van der Waals surface area contributed by atoms with Crippen molar-refractivity contribution in [3.05, 3.63) is 89.6 Å². The molecule has 0 aliphatic carbocycles. The molecule has 6 heteroatoms. The number of aryl methyl sites for hydroxylation is 2. The van der Waals surface area contributed by atoms with Gasteiger partial charge in [-0.2, -0.15) is 0 Å². The molecular formula is C26H26N4O2. The van der Waals surface area contributed by atoms with E-state index in [0.29, 0.717) is 11.5 Å². The first kappa shape index (κ1) is 21.3. The average Bonchev–Trinajstić information content (AvgIpc) is 3.14. The Labute approximate surface area is 187 Å². The molecule has 0 aliphatic rings. The fraction of sp³-hybridized carbons (Fsp3) is 0.192. The largest absolute Gasteiger partial charge is 0.349 e. The Kier molecular flexibility index (Phi) is 6.03. The summed E-state index contributed by atoms with van der Waals surface area (Å²) in [7, 11) is 0. The van der Waals surface area contributed by atoms with Crippen LogP contribution in [-0.2, 0) is 9.59 Å². The fourth-order valence-electron chi connectivity index (χ4n) is 3.79. The Morgan fingerprint density at radius 2 is 1.69 bits per heavy atom. The number of rotatable bonds is 6. The number of amides is 2. The molecule has 2 aromatic carbocycles. The van der Waals surface area contributed by atoms with Crippen molar-refractivity contribution in [2.24, 2.45) is 0 Å². The van der Waals surface area contributed by atoms with Crippen molar-refractivity contribution in [3.63, 3.8) is 0 Å². The summed E-state index contributed by atoms with van der Waals surface area (Å²) in [5, 5.41) is 5.95. The molecule has 1 unspecified atom stereocenters. The number of carbonyl (C=O) groups excluding carboxylic acids is 2. The molecule has 2 heterocycles. The number of benzene rings is 2. The van der Waals surface area contributed by atoms with E-state index in [-0.39, 0.29) is 18.2 Å². The molecule has 0 bridgehead atoms. The van der Waals surface area contributed by atoms with Crippen LogP contribution in [0.2, 0.25) is 0 Å². The van der Waals surface area contributed by atoms with Crippen LogP contribution in [0.4, 0.5) is 5.82 Å². The Morgan fingerprint density at radius 1 is 0.969 bits per heavy atom. The summed E-state index contributed by atoms with van der Waals surface area (Å²) >= 11 is 0. The van der Waals surface area contributed by atoms with Gasteiger partial charge in [0.05, 0.1) is 12.5 Å². The highest BCUT2D eigenvalue weighted by Gasteiger charge is 2.21. The lowest BCUT2D eigenvalue weighted by atomic mass is 10.0. The molecule has 4 aromatic rings. The molecule has 0 saturated heterocycles. The third kappa shape index (κ3) is 4.54. The second-order valence-corrected chi connectivity index (χ2v) is 7.98. The van der Waals surface area contributed by atoms with E-state index in [1.54, 1.807) is 0 Å². The third-order valence-corrected chi connectivity index (χ3v) is 5.40. The summed E-state index contributed by atoms with van der Waals surface area (Å²) in [6.07, 6.45) is 2.00. The minimum absolute atomic E-state index is 0.107. The Morgan fingerprint density at radius 3 is 2.38 bits per heavy atom. The maximum atomic E-state index is 13.2. The van der Waals surface area contributed by atoms with Crippen molar-refractivity contribution in [2.45, 2.75) is 33.2 Å². The van der Waals surface area contributed by atoms with Crippen LogP contribution >= 0.6 is 0 Å². The van der Waals surface area contributed by atoms with Crippen LogP contribution in [0.1, 0.15) is 36.1 Å². The SMILES string of the molecule is CC(=O)NC(CC(=O)Nc1c(-c2ccccc2)nc2c(C)cccn12)c1ccc(C)cc1. The molecule has 0 saturated carbocycles. The number of hydrogen-bond donors (Lipinski definition) is 2. The van der Waals surface area contributed by atoms with Gasteiger partial charge < -0.3 is 10.6 Å². The zero-order valence-electron chi connectivity index (χ0n) is 18.4. The third-order valence-electron chi connectivity index (χ3n) is 5.40. The number of nitrogens with one attached hydrogen (secondary N) is 2. The molecule has 0 aliphatic heterocycles. The topological polar surface area (TPSA) is 75.5 Å². The van der Waals surface area contributed by atoms with Gasteiger partial charge in [-0.3, -0.25) is 14.0 Å². The zero-order chi connectivity index (χ0) is 22.7. The number of carbonyl (C=O) groups is 2. The smallest absolute Gasteiger partial charge is 0.227 e. The number of fused-ring (bicyclic) bond motifs is 1. The Bertz CT molecular complexity index is 1260. The van der Waals surface area contributed by atoms with Crippen molar-refractivity contribution < 1.29 is 9.59 Å². The minimum atomic E-state index is -0.422. The van der Waals surface area contributed by atoms with E-state index in [9.17, 15) is 9.59 Å². The van der Waals surface area contributed by atoms with Gasteiger partial charge in [0, 0.05) is 18.7 Å². The predicted octanol–water partition coefficient (Wildman–Crippen LogP) is 4.82. The maximum Gasteiger partial charge on any atom is 0.227 e. The average molecular weight is 427 g/mol. The van der Waals surface area contributed by atoms with Gasteiger partial charge in [-0.05, 0) is 31.0 Å². The molecule has 2 N–H and O–H groups in total. The zero-order valence-corrected chi connectivity index (χ0v) is 18.4. The molecule has 162 valence electrons. The number of nitrogens with zero attached hydrogens (tertiary/aromatic N) is 2. The van der Waals surface area contributed by atoms with Gasteiger partial charge in [0.2, 0.25) is 11.8 Å². The van der Waals surface area contributed by atoms with Crippen LogP contribution < -0.4 is 10.6 Å². The van der Waals surface area contributed by atoms with Crippen LogP contribution in [0.25, 0.3) is 16.9 Å². The predicted molar refractivity (Wildman–Crippen MR) is 126 cm³/mol. The van der Waals surface area contributed by atoms with Crippen molar-refractivity contribution in [1.29, 1.82) is 0 Å². The van der Waals surface area contributed by atoms with Crippen molar-refractivity contribution in [2.75, 3.05) is 5.32 Å². The van der Waals surface area contributed by atoms with Crippen LogP contribution in [-0.4, -0.2) is 21.2 Å². The first-order valence-electron chi connectivity index (χ1n) is 10.6. The first-order valence-corrected chi connectivity index (χ1v) is 10.6. The number of imidazole rings is 1. The van der Waals surface area contributed by atoms with Crippen LogP contribution in [0.15, 0.2) is 72.9 Å². The summed E-state index contributed by atoms with van der Waals surface area (Å²) in [6.45, 7) is 5.45. The van der Waals surface area contributed by atoms with Gasteiger partial charge in [-0.1, -0.05) is 66.2 Å². The van der Waals surface area contributed by atoms with E-state index in [1.807, 2.05) is 91.2 Å². The molecule has 32 heavy (non-hydrogen) atoms. The summed E-state index contributed by atoms with van der Waals surface area (Å²) in [6, 6.07) is 21.1. The van der Waals surface area contributed by atoms with Crippen molar-refractivity contribution >= 4 is 23.3 Å². The number of aromatic nitrogens is 2. The molecule has 2 amide bonds. The molecule has 2 aromatic heterocycles. The first-order chi connectivity index (χ1) is 15.4. The highest BCUT2D eigenvalue weighted by atomic mass is 16.2. The van der Waals surface area contributed by atoms with E-state index in [2.05, 4.69) is 10.6 Å². The molecule has 4 rings (SSSR count). The van der Waals surface area contributed by atoms with Gasteiger partial charge >= 0.3 is 0 Å². The van der Waals surface area contributed by atoms with Gasteiger partial charge in [0.15, 0.2) is 0 Å². The van der Waals surface area contributed by atoms with Gasteiger partial charge in [-0.25, -0.2) is 4.98 Å². The van der Waals surface area contributed by atoms with E-state index in [1.165, 1.54) is 6.92 Å². The molecule has 0 radical (unpaired) electrons. The number of pyridine rings is 1. The van der Waals surface area contributed by atoms with Crippen molar-refractivity contribution in [3.8, 4) is 11.3 Å². The summed E-state index contributed by atoms with van der Waals surface area (Å²) < 4.78 is 1.90. The molecule has 0 spiro atoms. The quantitative estimate of drug-likeness (QED) is 0.464. The normalized spacial score (nSPS) is 11.8. The summed E-state index contributed by atoms with van der Waals surface area (Å²) in [5.74, 6) is 0.231. The monoisotopic (exact) mass is 426 g/mol. The maximum absolute atomic E-state index is 13.2. The highest BCUT2D eigenvalue weighted by molar-refractivity contribution is 5.95. The fourth-order valence-corrected chi connectivity index (χ4v) is 3.79. The minimum Gasteiger partial charge on any atom is -0.349 e. The second-order valence-electron chi connectivity index (χ2n) is 7.98. The molecular weight excluding hydrogens is 400 g/mol. The van der Waals surface area contributed by atoms with E-state index < -0.39 is 6.04 Å². The Hall–Kier alpha value is -3.93. The van der Waals surface area contributed by atoms with Crippen LogP contribution in [0.5, 0.6) is 0 Å². The summed E-state index contributed by atoms with van der Waals surface area (Å²) in [5.41, 5.74) is 5.44. The molecule has 0 fully saturated rings. The number of hydrogen-bond acceptors (Lipinski definition) is 3. The summed E-state index contributed by atoms with van der Waals surface area (Å²) in [4.78, 5) is 29.7. The van der Waals surface area contributed by atoms with Gasteiger partial charge in [-0.15, -0.1) is 0 Å². The lowest BCUT2D eigenvalue weighted by Crippen LogP contribution is -2.30. The second kappa shape index (κ2) is 9.06. The molecule has 1 atom stereocenters. The highest BCUT2D eigenvalue weighted by Crippen LogP contribution is 2.30. The van der Waals surface area contributed by atoms with Crippen LogP contribution in [0.3, 0.4) is 0 Å². The van der Waals surface area contributed by atoms with E-state index in [4.69, 9.17) is 4.98 Å². The lowest BCUT2D eigenvalue weighted by molar-refractivity contribution is -0.120.